The highest BCUT2D eigenvalue weighted by Crippen LogP contribution is 2.35. The van der Waals surface area contributed by atoms with E-state index in [2.05, 4.69) is 0 Å². The minimum atomic E-state index is -4.33. The molecule has 0 amide bonds. The van der Waals surface area contributed by atoms with E-state index in [-0.39, 0.29) is 23.3 Å². The molecular weight excluding hydrogens is 368 g/mol. The number of phenolic OH excluding ortho intramolecular Hbond substituents is 1. The van der Waals surface area contributed by atoms with E-state index in [1.807, 2.05) is 0 Å². The predicted molar refractivity (Wildman–Crippen MR) is 88.6 cm³/mol. The zero-order chi connectivity index (χ0) is 20.2. The quantitative estimate of drug-likeness (QED) is 0.589. The van der Waals surface area contributed by atoms with Gasteiger partial charge < -0.3 is 14.6 Å². The van der Waals surface area contributed by atoms with E-state index >= 15 is 0 Å². The molecule has 2 rings (SSSR count). The van der Waals surface area contributed by atoms with Gasteiger partial charge in [-0.3, -0.25) is 4.79 Å². The van der Waals surface area contributed by atoms with Gasteiger partial charge >= 0.3 is 12.1 Å². The van der Waals surface area contributed by atoms with Crippen LogP contribution in [-0.2, 0) is 27.3 Å². The van der Waals surface area contributed by atoms with Crippen LogP contribution in [0.4, 0.5) is 17.6 Å². The predicted octanol–water partition coefficient (Wildman–Crippen LogP) is 4.44. The smallest absolute Gasteiger partial charge is 0.393 e. The number of rotatable bonds is 6. The Labute approximate surface area is 153 Å². The van der Waals surface area contributed by atoms with E-state index in [1.165, 1.54) is 44.4 Å². The van der Waals surface area contributed by atoms with Crippen molar-refractivity contribution in [2.24, 2.45) is 0 Å². The lowest BCUT2D eigenvalue weighted by Crippen LogP contribution is -2.12. The van der Waals surface area contributed by atoms with E-state index in [1.54, 1.807) is 0 Å². The zero-order valence-corrected chi connectivity index (χ0v) is 14.6. The third-order valence-electron chi connectivity index (χ3n) is 3.79. The number of phenols is 1. The summed E-state index contributed by atoms with van der Waals surface area (Å²) in [5, 5.41) is 10.2. The second-order valence-corrected chi connectivity index (χ2v) is 5.94. The first-order chi connectivity index (χ1) is 12.6. The van der Waals surface area contributed by atoms with Crippen molar-refractivity contribution >= 4 is 5.97 Å². The number of hydrogen-bond acceptors (Lipinski definition) is 4. The van der Waals surface area contributed by atoms with Crippen molar-refractivity contribution in [1.29, 1.82) is 0 Å². The Balaban J connectivity index is 2.30. The molecule has 2 aromatic carbocycles. The molecule has 0 saturated carbocycles. The normalized spacial score (nSPS) is 12.7. The highest BCUT2D eigenvalue weighted by atomic mass is 19.4. The van der Waals surface area contributed by atoms with E-state index < -0.39 is 36.2 Å². The fourth-order valence-corrected chi connectivity index (χ4v) is 2.65. The fourth-order valence-electron chi connectivity index (χ4n) is 2.65. The Morgan fingerprint density at radius 1 is 1.15 bits per heavy atom. The summed E-state index contributed by atoms with van der Waals surface area (Å²) in [6, 6.07) is 7.67. The third kappa shape index (κ3) is 5.68. The molecule has 0 saturated heterocycles. The second kappa shape index (κ2) is 8.39. The second-order valence-electron chi connectivity index (χ2n) is 5.94. The maximum Gasteiger partial charge on any atom is 0.393 e. The highest BCUT2D eigenvalue weighted by Gasteiger charge is 2.28. The molecule has 1 atom stereocenters. The lowest BCUT2D eigenvalue weighted by Gasteiger charge is -2.19. The Hall–Kier alpha value is -2.61. The van der Waals surface area contributed by atoms with Crippen molar-refractivity contribution in [2.75, 3.05) is 7.11 Å². The van der Waals surface area contributed by atoms with E-state index in [0.29, 0.717) is 5.56 Å². The van der Waals surface area contributed by atoms with Crippen LogP contribution in [0.2, 0.25) is 0 Å². The zero-order valence-electron chi connectivity index (χ0n) is 14.6. The van der Waals surface area contributed by atoms with Gasteiger partial charge in [0.25, 0.3) is 0 Å². The van der Waals surface area contributed by atoms with Crippen molar-refractivity contribution in [1.82, 2.24) is 0 Å². The molecule has 146 valence electrons. The SMILES string of the molecule is COC(c1ccc(CC(F)(F)F)cc1)c1c(O)cc(COC(C)=O)cc1F. The summed E-state index contributed by atoms with van der Waals surface area (Å²) in [4.78, 5) is 10.8. The first-order valence-electron chi connectivity index (χ1n) is 7.93. The summed E-state index contributed by atoms with van der Waals surface area (Å²) in [5.41, 5.74) is 0.528. The number of ether oxygens (including phenoxy) is 2. The standard InChI is InChI=1S/C19H18F4O4/c1-11(24)27-10-13-7-15(20)17(16(25)8-13)18(26-2)14-5-3-12(4-6-14)9-19(21,22)23/h3-8,18,25H,9-10H2,1-2H3. The van der Waals surface area contributed by atoms with Crippen LogP contribution in [-0.4, -0.2) is 24.4 Å². The lowest BCUT2D eigenvalue weighted by atomic mass is 9.97. The molecule has 2 aromatic rings. The van der Waals surface area contributed by atoms with E-state index in [9.17, 15) is 27.5 Å². The molecule has 27 heavy (non-hydrogen) atoms. The number of methoxy groups -OCH3 is 1. The summed E-state index contributed by atoms with van der Waals surface area (Å²) >= 11 is 0. The Bertz CT molecular complexity index is 777. The van der Waals surface area contributed by atoms with E-state index in [4.69, 9.17) is 9.47 Å². The monoisotopic (exact) mass is 386 g/mol. The molecule has 0 radical (unpaired) electrons. The Kier molecular flexibility index (Phi) is 6.43. The summed E-state index contributed by atoms with van der Waals surface area (Å²) in [7, 11) is 1.29. The van der Waals surface area contributed by atoms with Crippen LogP contribution < -0.4 is 0 Å². The van der Waals surface area contributed by atoms with E-state index in [0.717, 1.165) is 6.07 Å². The average molecular weight is 386 g/mol. The van der Waals surface area contributed by atoms with Crippen molar-refractivity contribution in [2.45, 2.75) is 32.2 Å². The highest BCUT2D eigenvalue weighted by molar-refractivity contribution is 5.66. The Morgan fingerprint density at radius 2 is 1.78 bits per heavy atom. The summed E-state index contributed by atoms with van der Waals surface area (Å²) in [6.07, 6.45) is -6.42. The number of hydrogen-bond donors (Lipinski definition) is 1. The molecule has 0 spiro atoms. The molecule has 0 bridgehead atoms. The van der Waals surface area contributed by atoms with Gasteiger partial charge in [0.15, 0.2) is 0 Å². The van der Waals surface area contributed by atoms with Gasteiger partial charge in [0.1, 0.15) is 24.3 Å². The molecule has 0 aliphatic carbocycles. The van der Waals surface area contributed by atoms with Crippen LogP contribution in [0, 0.1) is 5.82 Å². The Morgan fingerprint density at radius 3 is 2.26 bits per heavy atom. The van der Waals surface area contributed by atoms with Crippen molar-refractivity contribution in [3.63, 3.8) is 0 Å². The molecule has 0 aliphatic heterocycles. The van der Waals surface area contributed by atoms with Crippen molar-refractivity contribution in [3.8, 4) is 5.75 Å². The summed E-state index contributed by atoms with van der Waals surface area (Å²) < 4.78 is 61.9. The van der Waals surface area contributed by atoms with Gasteiger partial charge in [0, 0.05) is 14.0 Å². The molecule has 8 heteroatoms. The lowest BCUT2D eigenvalue weighted by molar-refractivity contribution is -0.142. The first kappa shape index (κ1) is 20.7. The summed E-state index contributed by atoms with van der Waals surface area (Å²) in [6.45, 7) is 0.998. The van der Waals surface area contributed by atoms with Gasteiger partial charge in [0.05, 0.1) is 12.0 Å². The van der Waals surface area contributed by atoms with Gasteiger partial charge in [0.2, 0.25) is 0 Å². The van der Waals surface area contributed by atoms with Crippen LogP contribution in [0.1, 0.15) is 35.3 Å². The molecule has 4 nitrogen and oxygen atoms in total. The molecule has 0 heterocycles. The number of aromatic hydroxyl groups is 1. The summed E-state index contributed by atoms with van der Waals surface area (Å²) in [5.74, 6) is -1.75. The van der Waals surface area contributed by atoms with Gasteiger partial charge in [-0.15, -0.1) is 0 Å². The van der Waals surface area contributed by atoms with Crippen LogP contribution in [0.15, 0.2) is 36.4 Å². The molecule has 1 unspecified atom stereocenters. The minimum absolute atomic E-state index is 0.0579. The van der Waals surface area contributed by atoms with Crippen molar-refractivity contribution in [3.05, 3.63) is 64.5 Å². The number of halogens is 4. The molecule has 0 aliphatic rings. The molecule has 0 fully saturated rings. The average Bonchev–Trinajstić information content (AvgIpc) is 2.56. The van der Waals surface area contributed by atoms with Gasteiger partial charge in [-0.25, -0.2) is 4.39 Å². The fraction of sp³-hybridized carbons (Fsp3) is 0.316. The number of carbonyl (C=O) groups is 1. The number of esters is 1. The maximum atomic E-state index is 14.5. The van der Waals surface area contributed by atoms with Gasteiger partial charge in [-0.05, 0) is 28.8 Å². The molecule has 1 N–H and O–H groups in total. The largest absolute Gasteiger partial charge is 0.507 e. The number of benzene rings is 2. The molecule has 0 aromatic heterocycles. The number of alkyl halides is 3. The van der Waals surface area contributed by atoms with Gasteiger partial charge in [-0.1, -0.05) is 24.3 Å². The number of carbonyl (C=O) groups excluding carboxylic acids is 1. The topological polar surface area (TPSA) is 55.8 Å². The van der Waals surface area contributed by atoms with Crippen LogP contribution in [0.3, 0.4) is 0 Å². The third-order valence-corrected chi connectivity index (χ3v) is 3.79. The minimum Gasteiger partial charge on any atom is -0.507 e. The molecular formula is C19H18F4O4. The first-order valence-corrected chi connectivity index (χ1v) is 7.93. The van der Waals surface area contributed by atoms with Crippen LogP contribution in [0.25, 0.3) is 0 Å². The van der Waals surface area contributed by atoms with Crippen molar-refractivity contribution < 1.29 is 36.9 Å². The van der Waals surface area contributed by atoms with Crippen LogP contribution >= 0.6 is 0 Å². The maximum absolute atomic E-state index is 14.5. The van der Waals surface area contributed by atoms with Gasteiger partial charge in [-0.2, -0.15) is 13.2 Å². The van der Waals surface area contributed by atoms with Crippen LogP contribution in [0.5, 0.6) is 5.75 Å².